The lowest BCUT2D eigenvalue weighted by Gasteiger charge is -2.09. The zero-order valence-electron chi connectivity index (χ0n) is 21.6. The van der Waals surface area contributed by atoms with E-state index in [1.165, 1.54) is 57.8 Å². The van der Waals surface area contributed by atoms with E-state index in [1.54, 1.807) is 36.4 Å². The van der Waals surface area contributed by atoms with Gasteiger partial charge in [-0.1, -0.05) is 95.0 Å². The van der Waals surface area contributed by atoms with Crippen LogP contribution in [-0.4, -0.2) is 12.6 Å². The summed E-state index contributed by atoms with van der Waals surface area (Å²) < 4.78 is 17.1. The molecule has 3 aromatic rings. The van der Waals surface area contributed by atoms with Crippen molar-refractivity contribution in [3.05, 3.63) is 90.0 Å². The Morgan fingerprint density at radius 1 is 0.583 bits per heavy atom. The van der Waals surface area contributed by atoms with Gasteiger partial charge in [0, 0.05) is 0 Å². The first kappa shape index (κ1) is 27.3. The lowest BCUT2D eigenvalue weighted by Crippen LogP contribution is -2.08. The van der Waals surface area contributed by atoms with Crippen LogP contribution in [0.3, 0.4) is 0 Å². The highest BCUT2D eigenvalue weighted by Gasteiger charge is 2.09. The Balaban J connectivity index is 1.29. The monoisotopic (exact) mass is 488 g/mol. The van der Waals surface area contributed by atoms with Gasteiger partial charge in [-0.2, -0.15) is 0 Å². The summed E-state index contributed by atoms with van der Waals surface area (Å²) in [5.41, 5.74) is 1.59. The van der Waals surface area contributed by atoms with Crippen LogP contribution in [0.4, 0.5) is 0 Å². The number of carbonyl (C=O) groups is 1. The normalized spacial score (nSPS) is 10.7. The Labute approximate surface area is 216 Å². The number of carbonyl (C=O) groups excluding carboxylic acids is 1. The van der Waals surface area contributed by atoms with E-state index >= 15 is 0 Å². The van der Waals surface area contributed by atoms with Crippen molar-refractivity contribution in [1.29, 1.82) is 0 Å². The molecule has 0 aliphatic heterocycles. The molecule has 192 valence electrons. The van der Waals surface area contributed by atoms with E-state index < -0.39 is 5.97 Å². The molecule has 4 nitrogen and oxygen atoms in total. The van der Waals surface area contributed by atoms with Gasteiger partial charge in [-0.3, -0.25) is 0 Å². The molecule has 0 bridgehead atoms. The fraction of sp³-hybridized carbons (Fsp3) is 0.406. The second-order valence-electron chi connectivity index (χ2n) is 9.19. The summed E-state index contributed by atoms with van der Waals surface area (Å²) in [7, 11) is 0. The van der Waals surface area contributed by atoms with Gasteiger partial charge >= 0.3 is 5.97 Å². The highest BCUT2D eigenvalue weighted by Crippen LogP contribution is 2.21. The Bertz CT molecular complexity index is 981. The number of ether oxygens (including phenoxy) is 3. The van der Waals surface area contributed by atoms with Gasteiger partial charge in [0.2, 0.25) is 0 Å². The predicted molar refractivity (Wildman–Crippen MR) is 146 cm³/mol. The second kappa shape index (κ2) is 16.4. The maximum Gasteiger partial charge on any atom is 0.343 e. The standard InChI is InChI=1S/C32H40O4/c1-2-3-4-5-6-7-8-9-10-14-25-34-29-19-17-28(18-20-29)32(33)36-31-23-21-30(22-24-31)35-26-27-15-12-11-13-16-27/h11-13,15-24H,2-10,14,25-26H2,1H3. The van der Waals surface area contributed by atoms with Crippen LogP contribution in [0.15, 0.2) is 78.9 Å². The first-order valence-corrected chi connectivity index (χ1v) is 13.5. The average Bonchev–Trinajstić information content (AvgIpc) is 2.92. The third-order valence-electron chi connectivity index (χ3n) is 6.14. The minimum absolute atomic E-state index is 0.394. The first-order valence-electron chi connectivity index (χ1n) is 13.5. The molecule has 3 rings (SSSR count). The van der Waals surface area contributed by atoms with E-state index in [2.05, 4.69) is 6.92 Å². The molecule has 0 fully saturated rings. The van der Waals surface area contributed by atoms with Gasteiger partial charge in [0.05, 0.1) is 12.2 Å². The molecule has 0 heterocycles. The van der Waals surface area contributed by atoms with Crippen LogP contribution in [0.2, 0.25) is 0 Å². The molecule has 4 heteroatoms. The zero-order chi connectivity index (χ0) is 25.3. The van der Waals surface area contributed by atoms with Gasteiger partial charge in [0.25, 0.3) is 0 Å². The number of benzene rings is 3. The summed E-state index contributed by atoms with van der Waals surface area (Å²) in [5, 5.41) is 0. The van der Waals surface area contributed by atoms with Crippen molar-refractivity contribution >= 4 is 5.97 Å². The third kappa shape index (κ3) is 10.6. The topological polar surface area (TPSA) is 44.8 Å². The van der Waals surface area contributed by atoms with E-state index in [4.69, 9.17) is 14.2 Å². The van der Waals surface area contributed by atoms with Crippen LogP contribution in [0, 0.1) is 0 Å². The molecule has 0 aliphatic carbocycles. The van der Waals surface area contributed by atoms with E-state index in [0.29, 0.717) is 24.5 Å². The van der Waals surface area contributed by atoms with Crippen LogP contribution in [0.1, 0.15) is 87.1 Å². The van der Waals surface area contributed by atoms with Gasteiger partial charge in [0.1, 0.15) is 23.9 Å². The lowest BCUT2D eigenvalue weighted by molar-refractivity contribution is 0.0734. The fourth-order valence-corrected chi connectivity index (χ4v) is 3.98. The number of hydrogen-bond acceptors (Lipinski definition) is 4. The summed E-state index contributed by atoms with van der Waals surface area (Å²) in [5.74, 6) is 1.59. The number of hydrogen-bond donors (Lipinski definition) is 0. The van der Waals surface area contributed by atoms with Crippen molar-refractivity contribution in [2.75, 3.05) is 6.61 Å². The Kier molecular flexibility index (Phi) is 12.5. The summed E-state index contributed by atoms with van der Waals surface area (Å²) in [4.78, 5) is 12.5. The molecule has 0 N–H and O–H groups in total. The summed E-state index contributed by atoms with van der Waals surface area (Å²) >= 11 is 0. The van der Waals surface area contributed by atoms with Crippen LogP contribution in [-0.2, 0) is 6.61 Å². The van der Waals surface area contributed by atoms with Gasteiger partial charge in [-0.25, -0.2) is 4.79 Å². The third-order valence-corrected chi connectivity index (χ3v) is 6.14. The van der Waals surface area contributed by atoms with E-state index in [1.807, 2.05) is 42.5 Å². The van der Waals surface area contributed by atoms with Gasteiger partial charge < -0.3 is 14.2 Å². The van der Waals surface area contributed by atoms with Gasteiger partial charge in [-0.15, -0.1) is 0 Å². The minimum Gasteiger partial charge on any atom is -0.494 e. The van der Waals surface area contributed by atoms with E-state index in [-0.39, 0.29) is 0 Å². The Hall–Kier alpha value is -3.27. The number of unbranched alkanes of at least 4 members (excludes halogenated alkanes) is 9. The van der Waals surface area contributed by atoms with Gasteiger partial charge in [0.15, 0.2) is 0 Å². The molecule has 0 amide bonds. The SMILES string of the molecule is CCCCCCCCCCCCOc1ccc(C(=O)Oc2ccc(OCc3ccccc3)cc2)cc1. The van der Waals surface area contributed by atoms with Crippen molar-refractivity contribution in [1.82, 2.24) is 0 Å². The van der Waals surface area contributed by atoms with Crippen molar-refractivity contribution in [3.63, 3.8) is 0 Å². The molecule has 3 aromatic carbocycles. The number of rotatable bonds is 17. The second-order valence-corrected chi connectivity index (χ2v) is 9.19. The smallest absolute Gasteiger partial charge is 0.343 e. The van der Waals surface area contributed by atoms with E-state index in [0.717, 1.165) is 23.5 Å². The molecular weight excluding hydrogens is 448 g/mol. The molecule has 0 saturated heterocycles. The maximum absolute atomic E-state index is 12.5. The molecule has 0 spiro atoms. The zero-order valence-corrected chi connectivity index (χ0v) is 21.6. The minimum atomic E-state index is -0.394. The first-order chi connectivity index (χ1) is 17.7. The summed E-state index contributed by atoms with van der Waals surface area (Å²) in [6, 6.07) is 24.2. The van der Waals surface area contributed by atoms with E-state index in [9.17, 15) is 4.79 Å². The Morgan fingerprint density at radius 2 is 1.11 bits per heavy atom. The van der Waals surface area contributed by atoms with Gasteiger partial charge in [-0.05, 0) is 60.5 Å². The Morgan fingerprint density at radius 3 is 1.75 bits per heavy atom. The number of esters is 1. The predicted octanol–water partition coefficient (Wildman–Crippen LogP) is 8.78. The van der Waals surface area contributed by atoms with Crippen LogP contribution in [0.25, 0.3) is 0 Å². The molecule has 0 aromatic heterocycles. The van der Waals surface area contributed by atoms with Crippen LogP contribution >= 0.6 is 0 Å². The molecular formula is C32H40O4. The molecule has 0 atom stereocenters. The van der Waals surface area contributed by atoms with Crippen molar-refractivity contribution in [2.45, 2.75) is 77.7 Å². The fourth-order valence-electron chi connectivity index (χ4n) is 3.98. The average molecular weight is 489 g/mol. The van der Waals surface area contributed by atoms with Crippen molar-refractivity contribution in [3.8, 4) is 17.2 Å². The largest absolute Gasteiger partial charge is 0.494 e. The lowest BCUT2D eigenvalue weighted by atomic mass is 10.1. The summed E-state index contributed by atoms with van der Waals surface area (Å²) in [6.07, 6.45) is 13.1. The summed E-state index contributed by atoms with van der Waals surface area (Å²) in [6.45, 7) is 3.46. The molecule has 0 saturated carbocycles. The van der Waals surface area contributed by atoms with Crippen molar-refractivity contribution < 1.29 is 19.0 Å². The van der Waals surface area contributed by atoms with Crippen LogP contribution in [0.5, 0.6) is 17.2 Å². The molecule has 0 radical (unpaired) electrons. The maximum atomic E-state index is 12.5. The molecule has 0 aliphatic rings. The van der Waals surface area contributed by atoms with Crippen LogP contribution < -0.4 is 14.2 Å². The highest BCUT2D eigenvalue weighted by atomic mass is 16.5. The van der Waals surface area contributed by atoms with Crippen molar-refractivity contribution in [2.24, 2.45) is 0 Å². The highest BCUT2D eigenvalue weighted by molar-refractivity contribution is 5.91. The molecule has 0 unspecified atom stereocenters. The quantitative estimate of drug-likeness (QED) is 0.108. The molecule has 36 heavy (non-hydrogen) atoms.